The second-order valence-corrected chi connectivity index (χ2v) is 3.40. The smallest absolute Gasteiger partial charge is 0.330 e. The van der Waals surface area contributed by atoms with E-state index in [4.69, 9.17) is 0 Å². The van der Waals surface area contributed by atoms with Gasteiger partial charge in [-0.05, 0) is 6.92 Å². The number of ether oxygens (including phenoxy) is 1. The minimum absolute atomic E-state index is 0.270. The fraction of sp³-hybridized carbons (Fsp3) is 0.500. The molecule has 0 aliphatic rings. The molecule has 0 spiro atoms. The van der Waals surface area contributed by atoms with Crippen LogP contribution in [0, 0.1) is 6.92 Å². The van der Waals surface area contributed by atoms with E-state index < -0.39 is 12.0 Å². The maximum atomic E-state index is 11.4. The van der Waals surface area contributed by atoms with Crippen LogP contribution in [0.15, 0.2) is 12.4 Å². The number of aromatic nitrogens is 2. The molecule has 6 heteroatoms. The Balaban J connectivity index is 2.74. The van der Waals surface area contributed by atoms with Crippen LogP contribution in [0.3, 0.4) is 0 Å². The summed E-state index contributed by atoms with van der Waals surface area (Å²) in [4.78, 5) is 26.4. The second-order valence-electron chi connectivity index (χ2n) is 3.40. The number of methoxy groups -OCH3 is 1. The number of esters is 1. The van der Waals surface area contributed by atoms with Crippen LogP contribution in [0.4, 0.5) is 0 Å². The van der Waals surface area contributed by atoms with E-state index in [0.29, 0.717) is 6.54 Å². The molecule has 88 valence electrons. The van der Waals surface area contributed by atoms with Crippen molar-refractivity contribution in [2.75, 3.05) is 7.11 Å². The van der Waals surface area contributed by atoms with E-state index in [-0.39, 0.29) is 5.91 Å². The number of rotatable bonds is 4. The first-order valence-electron chi connectivity index (χ1n) is 4.87. The maximum Gasteiger partial charge on any atom is 0.330 e. The standard InChI is InChI=1S/C10H15N3O3/c1-7-11-4-5-13(7)6-9(10(15)16-3)12-8(2)14/h4-5,9H,6H2,1-3H3,(H,12,14). The van der Waals surface area contributed by atoms with Gasteiger partial charge in [-0.25, -0.2) is 9.78 Å². The van der Waals surface area contributed by atoms with Crippen LogP contribution in [-0.4, -0.2) is 34.6 Å². The molecule has 0 fully saturated rings. The van der Waals surface area contributed by atoms with Gasteiger partial charge in [0.05, 0.1) is 13.7 Å². The fourth-order valence-electron chi connectivity index (χ4n) is 1.36. The van der Waals surface area contributed by atoms with Crippen molar-refractivity contribution in [2.45, 2.75) is 26.4 Å². The number of nitrogens with one attached hydrogen (secondary N) is 1. The zero-order chi connectivity index (χ0) is 12.1. The predicted octanol–water partition coefficient (Wildman–Crippen LogP) is -0.131. The minimum atomic E-state index is -0.685. The minimum Gasteiger partial charge on any atom is -0.467 e. The van der Waals surface area contributed by atoms with Crippen molar-refractivity contribution >= 4 is 11.9 Å². The highest BCUT2D eigenvalue weighted by Crippen LogP contribution is 1.99. The van der Waals surface area contributed by atoms with Gasteiger partial charge in [-0.1, -0.05) is 0 Å². The lowest BCUT2D eigenvalue weighted by molar-refractivity contribution is -0.145. The number of hydrogen-bond donors (Lipinski definition) is 1. The first kappa shape index (κ1) is 12.2. The summed E-state index contributed by atoms with van der Waals surface area (Å²) in [6, 6.07) is -0.685. The Morgan fingerprint density at radius 2 is 2.31 bits per heavy atom. The van der Waals surface area contributed by atoms with E-state index in [1.165, 1.54) is 14.0 Å². The van der Waals surface area contributed by atoms with Crippen LogP contribution in [0.2, 0.25) is 0 Å². The van der Waals surface area contributed by atoms with Crippen molar-refractivity contribution in [1.29, 1.82) is 0 Å². The Kier molecular flexibility index (Phi) is 4.04. The van der Waals surface area contributed by atoms with Crippen LogP contribution >= 0.6 is 0 Å². The topological polar surface area (TPSA) is 73.2 Å². The quantitative estimate of drug-likeness (QED) is 0.724. The average Bonchev–Trinajstić information content (AvgIpc) is 2.61. The Labute approximate surface area is 93.6 Å². The summed E-state index contributed by atoms with van der Waals surface area (Å²) >= 11 is 0. The molecular formula is C10H15N3O3. The molecule has 1 amide bonds. The molecule has 1 N–H and O–H groups in total. The molecule has 0 aromatic carbocycles. The van der Waals surface area contributed by atoms with Crippen molar-refractivity contribution < 1.29 is 14.3 Å². The number of aryl methyl sites for hydroxylation is 1. The van der Waals surface area contributed by atoms with Gasteiger partial charge in [-0.15, -0.1) is 0 Å². The number of imidazole rings is 1. The number of carbonyl (C=O) groups excluding carboxylic acids is 2. The number of carbonyl (C=O) groups is 2. The maximum absolute atomic E-state index is 11.4. The third-order valence-corrected chi connectivity index (χ3v) is 2.17. The highest BCUT2D eigenvalue weighted by molar-refractivity contribution is 5.83. The van der Waals surface area contributed by atoms with Crippen molar-refractivity contribution in [3.05, 3.63) is 18.2 Å². The van der Waals surface area contributed by atoms with E-state index in [0.717, 1.165) is 5.82 Å². The van der Waals surface area contributed by atoms with Crippen molar-refractivity contribution in [2.24, 2.45) is 0 Å². The summed E-state index contributed by atoms with van der Waals surface area (Å²) in [7, 11) is 1.29. The summed E-state index contributed by atoms with van der Waals surface area (Å²) in [5.41, 5.74) is 0. The van der Waals surface area contributed by atoms with Gasteiger partial charge in [0.2, 0.25) is 5.91 Å². The van der Waals surface area contributed by atoms with E-state index in [2.05, 4.69) is 15.0 Å². The highest BCUT2D eigenvalue weighted by atomic mass is 16.5. The largest absolute Gasteiger partial charge is 0.467 e. The Bertz CT molecular complexity index is 386. The van der Waals surface area contributed by atoms with Gasteiger partial charge in [0, 0.05) is 19.3 Å². The van der Waals surface area contributed by atoms with Crippen molar-refractivity contribution in [1.82, 2.24) is 14.9 Å². The third kappa shape index (κ3) is 3.08. The van der Waals surface area contributed by atoms with Crippen LogP contribution < -0.4 is 5.32 Å². The molecule has 1 unspecified atom stereocenters. The molecule has 0 saturated heterocycles. The zero-order valence-electron chi connectivity index (χ0n) is 9.56. The molecule has 0 bridgehead atoms. The van der Waals surface area contributed by atoms with Gasteiger partial charge in [-0.3, -0.25) is 4.79 Å². The van der Waals surface area contributed by atoms with Gasteiger partial charge in [0.15, 0.2) is 0 Å². The average molecular weight is 225 g/mol. The first-order chi connectivity index (χ1) is 7.54. The second kappa shape index (κ2) is 5.29. The summed E-state index contributed by atoms with van der Waals surface area (Å²) in [6.45, 7) is 3.50. The summed E-state index contributed by atoms with van der Waals surface area (Å²) in [5.74, 6) is 0.0377. The van der Waals surface area contributed by atoms with Crippen molar-refractivity contribution in [3.63, 3.8) is 0 Å². The van der Waals surface area contributed by atoms with Crippen LogP contribution in [0.1, 0.15) is 12.7 Å². The Morgan fingerprint density at radius 1 is 1.62 bits per heavy atom. The summed E-state index contributed by atoms with van der Waals surface area (Å²) < 4.78 is 6.39. The van der Waals surface area contributed by atoms with Gasteiger partial charge in [0.25, 0.3) is 0 Å². The molecule has 16 heavy (non-hydrogen) atoms. The first-order valence-corrected chi connectivity index (χ1v) is 4.87. The molecule has 6 nitrogen and oxygen atoms in total. The SMILES string of the molecule is COC(=O)C(Cn1ccnc1C)NC(C)=O. The predicted molar refractivity (Wildman–Crippen MR) is 56.6 cm³/mol. The molecule has 0 radical (unpaired) electrons. The normalized spacial score (nSPS) is 11.9. The van der Waals surface area contributed by atoms with Gasteiger partial charge >= 0.3 is 5.97 Å². The Hall–Kier alpha value is -1.85. The number of hydrogen-bond acceptors (Lipinski definition) is 4. The van der Waals surface area contributed by atoms with E-state index in [1.807, 2.05) is 6.92 Å². The summed E-state index contributed by atoms with van der Waals surface area (Å²) in [5, 5.41) is 2.53. The lowest BCUT2D eigenvalue weighted by Crippen LogP contribution is -2.43. The molecule has 0 saturated carbocycles. The number of amides is 1. The van der Waals surface area contributed by atoms with Crippen LogP contribution in [-0.2, 0) is 20.9 Å². The molecular weight excluding hydrogens is 210 g/mol. The highest BCUT2D eigenvalue weighted by Gasteiger charge is 2.20. The van der Waals surface area contributed by atoms with Crippen LogP contribution in [0.5, 0.6) is 0 Å². The zero-order valence-corrected chi connectivity index (χ0v) is 9.56. The molecule has 1 rings (SSSR count). The molecule has 1 atom stereocenters. The van der Waals surface area contributed by atoms with Gasteiger partial charge in [0.1, 0.15) is 11.9 Å². The lowest BCUT2D eigenvalue weighted by Gasteiger charge is -2.16. The lowest BCUT2D eigenvalue weighted by atomic mass is 10.3. The third-order valence-electron chi connectivity index (χ3n) is 2.17. The van der Waals surface area contributed by atoms with Gasteiger partial charge < -0.3 is 14.6 Å². The van der Waals surface area contributed by atoms with Gasteiger partial charge in [-0.2, -0.15) is 0 Å². The molecule has 0 aliphatic carbocycles. The Morgan fingerprint density at radius 3 is 2.75 bits per heavy atom. The fourth-order valence-corrected chi connectivity index (χ4v) is 1.36. The molecule has 1 aromatic rings. The van der Waals surface area contributed by atoms with E-state index >= 15 is 0 Å². The van der Waals surface area contributed by atoms with E-state index in [1.54, 1.807) is 17.0 Å². The molecule has 0 aliphatic heterocycles. The summed E-state index contributed by atoms with van der Waals surface area (Å²) in [6.07, 6.45) is 3.38. The molecule has 1 aromatic heterocycles. The number of nitrogens with zero attached hydrogens (tertiary/aromatic N) is 2. The molecule has 1 heterocycles. The monoisotopic (exact) mass is 225 g/mol. The van der Waals surface area contributed by atoms with Crippen molar-refractivity contribution in [3.8, 4) is 0 Å². The van der Waals surface area contributed by atoms with E-state index in [9.17, 15) is 9.59 Å². The van der Waals surface area contributed by atoms with Crippen LogP contribution in [0.25, 0.3) is 0 Å².